The molecule has 0 unspecified atom stereocenters. The minimum atomic E-state index is -0.323. The minimum absolute atomic E-state index is 0.217. The number of aromatic nitrogens is 1. The summed E-state index contributed by atoms with van der Waals surface area (Å²) in [6, 6.07) is 8.10. The van der Waals surface area contributed by atoms with Crippen LogP contribution in [0.15, 0.2) is 35.4 Å². The first kappa shape index (κ1) is 20.3. The quantitative estimate of drug-likeness (QED) is 0.747. The van der Waals surface area contributed by atoms with Crippen LogP contribution < -0.4 is 10.2 Å². The molecule has 0 spiro atoms. The predicted molar refractivity (Wildman–Crippen MR) is 109 cm³/mol. The highest BCUT2D eigenvalue weighted by molar-refractivity contribution is 7.99. The molecular formula is C21H24FN3O2S. The highest BCUT2D eigenvalue weighted by Crippen LogP contribution is 2.28. The van der Waals surface area contributed by atoms with E-state index in [1.54, 1.807) is 12.1 Å². The number of halogens is 1. The first-order valence-corrected chi connectivity index (χ1v) is 10.4. The number of hydrogen-bond acceptors (Lipinski definition) is 5. The number of piperidine rings is 1. The number of carbonyl (C=O) groups is 2. The van der Waals surface area contributed by atoms with E-state index >= 15 is 0 Å². The molecule has 2 aromatic rings. The summed E-state index contributed by atoms with van der Waals surface area (Å²) in [6.45, 7) is 5.49. The molecule has 0 aliphatic carbocycles. The SMILES string of the molecule is CCSc1nc(N2CCC(=O)CC2)cc(C)c1C(=O)NCc1cccc(F)c1. The Morgan fingerprint density at radius 3 is 2.71 bits per heavy atom. The second-order valence-electron chi connectivity index (χ2n) is 6.75. The molecule has 0 radical (unpaired) electrons. The summed E-state index contributed by atoms with van der Waals surface area (Å²) >= 11 is 1.52. The van der Waals surface area contributed by atoms with E-state index in [4.69, 9.17) is 4.98 Å². The van der Waals surface area contributed by atoms with Crippen molar-refractivity contribution in [3.8, 4) is 0 Å². The Morgan fingerprint density at radius 2 is 2.04 bits per heavy atom. The topological polar surface area (TPSA) is 62.3 Å². The number of nitrogens with zero attached hydrogens (tertiary/aromatic N) is 2. The van der Waals surface area contributed by atoms with E-state index in [1.807, 2.05) is 19.9 Å². The molecule has 1 aromatic carbocycles. The molecule has 1 aromatic heterocycles. The molecule has 0 saturated carbocycles. The number of benzene rings is 1. The van der Waals surface area contributed by atoms with E-state index in [-0.39, 0.29) is 24.1 Å². The highest BCUT2D eigenvalue weighted by atomic mass is 32.2. The number of thioether (sulfide) groups is 1. The number of amides is 1. The summed E-state index contributed by atoms with van der Waals surface area (Å²) in [5.74, 6) is 1.34. The Labute approximate surface area is 168 Å². The molecule has 1 saturated heterocycles. The minimum Gasteiger partial charge on any atom is -0.356 e. The van der Waals surface area contributed by atoms with Gasteiger partial charge in [-0.05, 0) is 42.0 Å². The van der Waals surface area contributed by atoms with Gasteiger partial charge in [-0.2, -0.15) is 0 Å². The van der Waals surface area contributed by atoms with Crippen LogP contribution in [0, 0.1) is 12.7 Å². The van der Waals surface area contributed by atoms with Crippen LogP contribution in [0.4, 0.5) is 10.2 Å². The van der Waals surface area contributed by atoms with Crippen LogP contribution in [0.5, 0.6) is 0 Å². The third-order valence-electron chi connectivity index (χ3n) is 4.67. The van der Waals surface area contributed by atoms with Gasteiger partial charge in [-0.1, -0.05) is 19.1 Å². The van der Waals surface area contributed by atoms with Crippen LogP contribution in [-0.2, 0) is 11.3 Å². The average Bonchev–Trinajstić information content (AvgIpc) is 2.67. The number of Topliss-reactive ketones (excluding diaryl/α,β-unsaturated/α-hetero) is 1. The van der Waals surface area contributed by atoms with Crippen molar-refractivity contribution in [2.75, 3.05) is 23.7 Å². The van der Waals surface area contributed by atoms with Crippen LogP contribution in [0.2, 0.25) is 0 Å². The van der Waals surface area contributed by atoms with Crippen molar-refractivity contribution in [1.29, 1.82) is 0 Å². The lowest BCUT2D eigenvalue weighted by molar-refractivity contribution is -0.119. The van der Waals surface area contributed by atoms with Crippen molar-refractivity contribution < 1.29 is 14.0 Å². The van der Waals surface area contributed by atoms with E-state index in [0.29, 0.717) is 42.1 Å². The maximum Gasteiger partial charge on any atom is 0.254 e. The van der Waals surface area contributed by atoms with Gasteiger partial charge < -0.3 is 10.2 Å². The van der Waals surface area contributed by atoms with Crippen LogP contribution in [-0.4, -0.2) is 35.5 Å². The Morgan fingerprint density at radius 1 is 1.29 bits per heavy atom. The van der Waals surface area contributed by atoms with E-state index in [9.17, 15) is 14.0 Å². The number of nitrogens with one attached hydrogen (secondary N) is 1. The van der Waals surface area contributed by atoms with Gasteiger partial charge in [0, 0.05) is 32.5 Å². The summed E-state index contributed by atoms with van der Waals surface area (Å²) in [7, 11) is 0. The second kappa shape index (κ2) is 9.19. The molecule has 7 heteroatoms. The van der Waals surface area contributed by atoms with Gasteiger partial charge in [-0.15, -0.1) is 11.8 Å². The van der Waals surface area contributed by atoms with Gasteiger partial charge in [-0.3, -0.25) is 9.59 Å². The van der Waals surface area contributed by atoms with Crippen LogP contribution >= 0.6 is 11.8 Å². The number of pyridine rings is 1. The number of anilines is 1. The summed E-state index contributed by atoms with van der Waals surface area (Å²) in [5.41, 5.74) is 2.10. The Kier molecular flexibility index (Phi) is 6.67. The zero-order chi connectivity index (χ0) is 20.1. The molecule has 1 N–H and O–H groups in total. The van der Waals surface area contributed by atoms with Crippen LogP contribution in [0.1, 0.15) is 41.3 Å². The lowest BCUT2D eigenvalue weighted by Gasteiger charge is -2.28. The summed E-state index contributed by atoms with van der Waals surface area (Å²) in [6.07, 6.45) is 1.07. The monoisotopic (exact) mass is 401 g/mol. The van der Waals surface area contributed by atoms with Gasteiger partial charge in [-0.25, -0.2) is 9.37 Å². The van der Waals surface area contributed by atoms with Gasteiger partial charge in [0.2, 0.25) is 0 Å². The zero-order valence-electron chi connectivity index (χ0n) is 16.1. The molecule has 5 nitrogen and oxygen atoms in total. The van der Waals surface area contributed by atoms with E-state index in [2.05, 4.69) is 10.2 Å². The Balaban J connectivity index is 1.80. The maximum atomic E-state index is 13.3. The third kappa shape index (κ3) is 4.90. The van der Waals surface area contributed by atoms with E-state index in [1.165, 1.54) is 23.9 Å². The Hall–Kier alpha value is -2.41. The zero-order valence-corrected chi connectivity index (χ0v) is 16.9. The number of ketones is 1. The number of aryl methyl sites for hydroxylation is 1. The van der Waals surface area contributed by atoms with Gasteiger partial charge in [0.25, 0.3) is 5.91 Å². The second-order valence-corrected chi connectivity index (χ2v) is 8.00. The maximum absolute atomic E-state index is 13.3. The van der Waals surface area contributed by atoms with Crippen molar-refractivity contribution in [2.45, 2.75) is 38.3 Å². The smallest absolute Gasteiger partial charge is 0.254 e. The Bertz CT molecular complexity index is 878. The highest BCUT2D eigenvalue weighted by Gasteiger charge is 2.22. The molecule has 0 bridgehead atoms. The van der Waals surface area contributed by atoms with Crippen molar-refractivity contribution in [2.24, 2.45) is 0 Å². The van der Waals surface area contributed by atoms with Gasteiger partial charge >= 0.3 is 0 Å². The summed E-state index contributed by atoms with van der Waals surface area (Å²) in [5, 5.41) is 3.56. The molecule has 2 heterocycles. The fourth-order valence-corrected chi connectivity index (χ4v) is 4.04. The standard InChI is InChI=1S/C21H24FN3O2S/c1-3-28-21-19(20(27)23-13-15-5-4-6-16(22)12-15)14(2)11-18(24-21)25-9-7-17(26)8-10-25/h4-6,11-12H,3,7-10,13H2,1-2H3,(H,23,27). The molecule has 1 fully saturated rings. The van der Waals surface area contributed by atoms with Crippen LogP contribution in [0.25, 0.3) is 0 Å². The largest absolute Gasteiger partial charge is 0.356 e. The fourth-order valence-electron chi connectivity index (χ4n) is 3.21. The van der Waals surface area contributed by atoms with Crippen molar-refractivity contribution in [3.05, 3.63) is 52.8 Å². The lowest BCUT2D eigenvalue weighted by Crippen LogP contribution is -2.34. The molecule has 1 amide bonds. The fraction of sp³-hybridized carbons (Fsp3) is 0.381. The van der Waals surface area contributed by atoms with Gasteiger partial charge in [0.1, 0.15) is 22.4 Å². The summed E-state index contributed by atoms with van der Waals surface area (Å²) < 4.78 is 13.3. The van der Waals surface area contributed by atoms with Crippen molar-refractivity contribution in [1.82, 2.24) is 10.3 Å². The number of carbonyl (C=O) groups excluding carboxylic acids is 2. The predicted octanol–water partition coefficient (Wildman–Crippen LogP) is 3.74. The molecule has 3 rings (SSSR count). The molecular weight excluding hydrogens is 377 g/mol. The van der Waals surface area contributed by atoms with E-state index in [0.717, 1.165) is 17.1 Å². The summed E-state index contributed by atoms with van der Waals surface area (Å²) in [4.78, 5) is 31.2. The molecule has 0 atom stereocenters. The van der Waals surface area contributed by atoms with Crippen LogP contribution in [0.3, 0.4) is 0 Å². The van der Waals surface area contributed by atoms with E-state index < -0.39 is 0 Å². The molecule has 148 valence electrons. The van der Waals surface area contributed by atoms with Crippen molar-refractivity contribution in [3.63, 3.8) is 0 Å². The molecule has 1 aliphatic heterocycles. The lowest BCUT2D eigenvalue weighted by atomic mass is 10.1. The average molecular weight is 402 g/mol. The normalized spacial score (nSPS) is 14.2. The van der Waals surface area contributed by atoms with Crippen molar-refractivity contribution >= 4 is 29.3 Å². The van der Waals surface area contributed by atoms with Gasteiger partial charge in [0.15, 0.2) is 0 Å². The van der Waals surface area contributed by atoms with Gasteiger partial charge in [0.05, 0.1) is 5.56 Å². The number of rotatable bonds is 6. The first-order chi connectivity index (χ1) is 13.5. The number of hydrogen-bond donors (Lipinski definition) is 1. The molecule has 1 aliphatic rings. The third-order valence-corrected chi connectivity index (χ3v) is 5.52. The molecule has 28 heavy (non-hydrogen) atoms. The first-order valence-electron chi connectivity index (χ1n) is 9.41.